The SMILES string of the molecule is Cc1cc(F)ccc1C(=O)N1CCCC1c1ccc(=O)[nH]n1. The van der Waals surface area contributed by atoms with Gasteiger partial charge in [-0.05, 0) is 49.6 Å². The molecule has 1 aromatic heterocycles. The van der Waals surface area contributed by atoms with E-state index in [1.165, 1.54) is 24.3 Å². The Morgan fingerprint density at radius 2 is 2.18 bits per heavy atom. The molecule has 1 N–H and O–H groups in total. The Morgan fingerprint density at radius 1 is 1.36 bits per heavy atom. The number of nitrogens with one attached hydrogen (secondary N) is 1. The third kappa shape index (κ3) is 2.64. The molecule has 1 aliphatic heterocycles. The van der Waals surface area contributed by atoms with Crippen molar-refractivity contribution in [1.82, 2.24) is 15.1 Å². The van der Waals surface area contributed by atoms with E-state index in [0.29, 0.717) is 23.4 Å². The second-order valence-electron chi connectivity index (χ2n) is 5.46. The number of aromatic amines is 1. The zero-order valence-electron chi connectivity index (χ0n) is 12.2. The fraction of sp³-hybridized carbons (Fsp3) is 0.312. The molecule has 0 bridgehead atoms. The molecule has 1 fully saturated rings. The van der Waals surface area contributed by atoms with Gasteiger partial charge in [-0.15, -0.1) is 0 Å². The maximum absolute atomic E-state index is 13.2. The van der Waals surface area contributed by atoms with Crippen molar-refractivity contribution >= 4 is 5.91 Å². The minimum absolute atomic E-state index is 0.131. The summed E-state index contributed by atoms with van der Waals surface area (Å²) in [5.74, 6) is -0.484. The van der Waals surface area contributed by atoms with Crippen LogP contribution < -0.4 is 5.56 Å². The number of aryl methyl sites for hydroxylation is 1. The Balaban J connectivity index is 1.90. The van der Waals surface area contributed by atoms with Gasteiger partial charge in [-0.1, -0.05) is 0 Å². The topological polar surface area (TPSA) is 66.1 Å². The van der Waals surface area contributed by atoms with Gasteiger partial charge in [0, 0.05) is 18.2 Å². The number of benzene rings is 1. The predicted molar refractivity (Wildman–Crippen MR) is 79.0 cm³/mol. The molecule has 6 heteroatoms. The van der Waals surface area contributed by atoms with E-state index in [9.17, 15) is 14.0 Å². The summed E-state index contributed by atoms with van der Waals surface area (Å²) in [6.45, 7) is 2.35. The van der Waals surface area contributed by atoms with Crippen LogP contribution in [0.4, 0.5) is 4.39 Å². The minimum Gasteiger partial charge on any atom is -0.330 e. The molecule has 0 saturated carbocycles. The Hall–Kier alpha value is -2.50. The summed E-state index contributed by atoms with van der Waals surface area (Å²) in [4.78, 5) is 25.6. The number of H-pyrrole nitrogens is 1. The standard InChI is InChI=1S/C16H16FN3O2/c1-10-9-11(17)4-5-12(10)16(22)20-8-2-3-14(20)13-6-7-15(21)19-18-13/h4-7,9,14H,2-3,8H2,1H3,(H,19,21). The second kappa shape index (κ2) is 5.71. The summed E-state index contributed by atoms with van der Waals surface area (Å²) in [6.07, 6.45) is 1.67. The number of hydrogen-bond acceptors (Lipinski definition) is 3. The summed E-state index contributed by atoms with van der Waals surface area (Å²) in [7, 11) is 0. The first-order chi connectivity index (χ1) is 10.6. The van der Waals surface area contributed by atoms with Crippen LogP contribution in [0.25, 0.3) is 0 Å². The van der Waals surface area contributed by atoms with E-state index in [4.69, 9.17) is 0 Å². The maximum Gasteiger partial charge on any atom is 0.264 e. The van der Waals surface area contributed by atoms with Gasteiger partial charge < -0.3 is 4.90 Å². The minimum atomic E-state index is -0.352. The lowest BCUT2D eigenvalue weighted by molar-refractivity contribution is 0.0731. The number of hydrogen-bond donors (Lipinski definition) is 1. The molecule has 0 aliphatic carbocycles. The second-order valence-corrected chi connectivity index (χ2v) is 5.46. The van der Waals surface area contributed by atoms with Crippen molar-refractivity contribution in [3.8, 4) is 0 Å². The van der Waals surface area contributed by atoms with Crippen molar-refractivity contribution in [1.29, 1.82) is 0 Å². The molecule has 1 unspecified atom stereocenters. The van der Waals surface area contributed by atoms with E-state index in [1.807, 2.05) is 0 Å². The van der Waals surface area contributed by atoms with Gasteiger partial charge in [0.05, 0.1) is 11.7 Å². The molecule has 114 valence electrons. The highest BCUT2D eigenvalue weighted by Gasteiger charge is 2.32. The van der Waals surface area contributed by atoms with E-state index in [2.05, 4.69) is 10.2 Å². The van der Waals surface area contributed by atoms with Crippen LogP contribution in [0.2, 0.25) is 0 Å². The third-order valence-electron chi connectivity index (χ3n) is 3.97. The molecule has 22 heavy (non-hydrogen) atoms. The van der Waals surface area contributed by atoms with Gasteiger partial charge in [-0.2, -0.15) is 5.10 Å². The van der Waals surface area contributed by atoms with Crippen molar-refractivity contribution in [2.45, 2.75) is 25.8 Å². The van der Waals surface area contributed by atoms with Crippen LogP contribution >= 0.6 is 0 Å². The molecular formula is C16H16FN3O2. The van der Waals surface area contributed by atoms with Crippen molar-refractivity contribution in [3.05, 3.63) is 63.3 Å². The summed E-state index contributed by atoms with van der Waals surface area (Å²) in [5.41, 5.74) is 1.52. The Bertz CT molecular complexity index is 752. The molecule has 3 rings (SSSR count). The first-order valence-corrected chi connectivity index (χ1v) is 7.19. The van der Waals surface area contributed by atoms with Crippen LogP contribution in [0.1, 0.15) is 40.5 Å². The van der Waals surface area contributed by atoms with E-state index in [0.717, 1.165) is 12.8 Å². The Kier molecular flexibility index (Phi) is 3.75. The molecule has 1 atom stereocenters. The lowest BCUT2D eigenvalue weighted by atomic mass is 10.1. The summed E-state index contributed by atoms with van der Waals surface area (Å²) in [5, 5.41) is 6.43. The molecule has 1 amide bonds. The van der Waals surface area contributed by atoms with Crippen molar-refractivity contribution < 1.29 is 9.18 Å². The smallest absolute Gasteiger partial charge is 0.264 e. The van der Waals surface area contributed by atoms with Crippen LogP contribution in [-0.2, 0) is 0 Å². The number of carbonyl (C=O) groups is 1. The first kappa shape index (κ1) is 14.4. The summed E-state index contributed by atoms with van der Waals surface area (Å²) >= 11 is 0. The zero-order valence-corrected chi connectivity index (χ0v) is 12.2. The van der Waals surface area contributed by atoms with Gasteiger partial charge >= 0.3 is 0 Å². The number of aromatic nitrogens is 2. The monoisotopic (exact) mass is 301 g/mol. The largest absolute Gasteiger partial charge is 0.330 e. The Labute approximate surface area is 126 Å². The normalized spacial score (nSPS) is 17.7. The van der Waals surface area contributed by atoms with Gasteiger partial charge in [0.2, 0.25) is 0 Å². The van der Waals surface area contributed by atoms with Crippen LogP contribution in [0.15, 0.2) is 35.1 Å². The molecule has 0 radical (unpaired) electrons. The van der Waals surface area contributed by atoms with Crippen molar-refractivity contribution in [2.24, 2.45) is 0 Å². The lowest BCUT2D eigenvalue weighted by Gasteiger charge is -2.24. The van der Waals surface area contributed by atoms with Crippen LogP contribution in [0.3, 0.4) is 0 Å². The number of halogens is 1. The highest BCUT2D eigenvalue weighted by molar-refractivity contribution is 5.96. The number of amides is 1. The molecule has 2 heterocycles. The van der Waals surface area contributed by atoms with Gasteiger partial charge in [-0.3, -0.25) is 9.59 Å². The Morgan fingerprint density at radius 3 is 2.86 bits per heavy atom. The van der Waals surface area contributed by atoms with E-state index in [1.54, 1.807) is 17.9 Å². The van der Waals surface area contributed by atoms with Crippen molar-refractivity contribution in [3.63, 3.8) is 0 Å². The predicted octanol–water partition coefficient (Wildman–Crippen LogP) is 2.19. The molecule has 5 nitrogen and oxygen atoms in total. The number of nitrogens with zero attached hydrogens (tertiary/aromatic N) is 2. The van der Waals surface area contributed by atoms with E-state index in [-0.39, 0.29) is 23.3 Å². The van der Waals surface area contributed by atoms with Gasteiger partial charge in [-0.25, -0.2) is 9.49 Å². The third-order valence-corrected chi connectivity index (χ3v) is 3.97. The molecule has 0 spiro atoms. The number of likely N-dealkylation sites (tertiary alicyclic amines) is 1. The molecule has 2 aromatic rings. The molecule has 1 aliphatic rings. The van der Waals surface area contributed by atoms with E-state index < -0.39 is 0 Å². The van der Waals surface area contributed by atoms with Gasteiger partial charge in [0.15, 0.2) is 0 Å². The molecule has 1 aromatic carbocycles. The first-order valence-electron chi connectivity index (χ1n) is 7.19. The molecule has 1 saturated heterocycles. The van der Waals surface area contributed by atoms with E-state index >= 15 is 0 Å². The summed E-state index contributed by atoms with van der Waals surface area (Å²) in [6, 6.07) is 7.07. The average molecular weight is 301 g/mol. The number of rotatable bonds is 2. The maximum atomic E-state index is 13.2. The zero-order chi connectivity index (χ0) is 15.7. The fourth-order valence-corrected chi connectivity index (χ4v) is 2.88. The van der Waals surface area contributed by atoms with Crippen LogP contribution in [-0.4, -0.2) is 27.5 Å². The quantitative estimate of drug-likeness (QED) is 0.924. The fourth-order valence-electron chi connectivity index (χ4n) is 2.88. The highest BCUT2D eigenvalue weighted by Crippen LogP contribution is 2.32. The lowest BCUT2D eigenvalue weighted by Crippen LogP contribution is -2.32. The number of carbonyl (C=O) groups excluding carboxylic acids is 1. The van der Waals surface area contributed by atoms with Crippen molar-refractivity contribution in [2.75, 3.05) is 6.54 Å². The average Bonchev–Trinajstić information content (AvgIpc) is 2.97. The highest BCUT2D eigenvalue weighted by atomic mass is 19.1. The van der Waals surface area contributed by atoms with Crippen LogP contribution in [0.5, 0.6) is 0 Å². The molecular weight excluding hydrogens is 285 g/mol. The van der Waals surface area contributed by atoms with Crippen LogP contribution in [0, 0.1) is 12.7 Å². The van der Waals surface area contributed by atoms with Gasteiger partial charge in [0.1, 0.15) is 5.82 Å². The summed E-state index contributed by atoms with van der Waals surface area (Å²) < 4.78 is 13.2. The van der Waals surface area contributed by atoms with Gasteiger partial charge in [0.25, 0.3) is 11.5 Å².